The number of alkyl halides is 2. The molecule has 0 saturated carbocycles. The minimum absolute atomic E-state index is 0.200. The molecule has 74 valence electrons. The molecule has 0 fully saturated rings. The summed E-state index contributed by atoms with van der Waals surface area (Å²) in [4.78, 5) is 0. The predicted molar refractivity (Wildman–Crippen MR) is 49.9 cm³/mol. The van der Waals surface area contributed by atoms with Crippen molar-refractivity contribution in [3.05, 3.63) is 35.9 Å². The molecule has 0 atom stereocenters. The van der Waals surface area contributed by atoms with Crippen molar-refractivity contribution < 1.29 is 29.9 Å². The van der Waals surface area contributed by atoms with E-state index in [0.29, 0.717) is 0 Å². The molecule has 0 amide bonds. The molecule has 14 heavy (non-hydrogen) atoms. The van der Waals surface area contributed by atoms with Crippen molar-refractivity contribution in [3.8, 4) is 0 Å². The zero-order chi connectivity index (χ0) is 10.8. The maximum atomic E-state index is 11.6. The van der Waals surface area contributed by atoms with Gasteiger partial charge in [-0.25, -0.2) is 8.78 Å². The first-order valence-corrected chi connectivity index (χ1v) is 10.8. The molecular weight excluding hydrogens is 307 g/mol. The van der Waals surface area contributed by atoms with Crippen LogP contribution in [0.4, 0.5) is 8.78 Å². The van der Waals surface area contributed by atoms with E-state index >= 15 is 0 Å². The Morgan fingerprint density at radius 1 is 1.43 bits per heavy atom. The van der Waals surface area contributed by atoms with Gasteiger partial charge < -0.3 is 4.74 Å². The van der Waals surface area contributed by atoms with E-state index in [1.54, 1.807) is 12.1 Å². The molecule has 0 aliphatic carbocycles. The van der Waals surface area contributed by atoms with E-state index in [-0.39, 0.29) is 6.61 Å². The number of halogens is 3. The summed E-state index contributed by atoms with van der Waals surface area (Å²) in [5, 5.41) is 0. The monoisotopic (exact) mass is 314 g/mol. The van der Waals surface area contributed by atoms with Crippen molar-refractivity contribution in [1.82, 2.24) is 0 Å². The van der Waals surface area contributed by atoms with Crippen LogP contribution >= 0.6 is 13.6 Å². The molecule has 0 aromatic heterocycles. The summed E-state index contributed by atoms with van der Waals surface area (Å²) < 4.78 is 27.9. The summed E-state index contributed by atoms with van der Waals surface area (Å²) in [6, 6.07) is 10.0. The summed E-state index contributed by atoms with van der Waals surface area (Å²) in [7, 11) is 0. The second-order valence-electron chi connectivity index (χ2n) is 2.29. The third-order valence-corrected chi connectivity index (χ3v) is 1.27. The molecule has 1 nitrogen and oxygen atoms in total. The van der Waals surface area contributed by atoms with Crippen LogP contribution in [-0.4, -0.2) is 13.0 Å². The Balaban J connectivity index is 0.000000791. The fourth-order valence-corrected chi connectivity index (χ4v) is 0.778. The van der Waals surface area contributed by atoms with E-state index in [0.717, 1.165) is 5.56 Å². The third kappa shape index (κ3) is 7.54. The van der Waals surface area contributed by atoms with Crippen molar-refractivity contribution in [2.75, 3.05) is 6.61 Å². The first kappa shape index (κ1) is 14.1. The topological polar surface area (TPSA) is 9.23 Å². The second kappa shape index (κ2) is 9.69. The van der Waals surface area contributed by atoms with Crippen LogP contribution in [0.2, 0.25) is 0 Å². The van der Waals surface area contributed by atoms with Crippen molar-refractivity contribution >= 4 is 13.6 Å². The Morgan fingerprint density at radius 2 is 2.14 bits per heavy atom. The van der Waals surface area contributed by atoms with Crippen LogP contribution in [0.3, 0.4) is 0 Å². The van der Waals surface area contributed by atoms with Gasteiger partial charge in [-0.05, 0) is 0 Å². The summed E-state index contributed by atoms with van der Waals surface area (Å²) in [6.07, 6.45) is -2.39. The molecule has 0 unspecified atom stereocenters. The first-order valence-electron chi connectivity index (χ1n) is 3.87. The average molecular weight is 316 g/mol. The zero-order valence-electron chi connectivity index (χ0n) is 7.55. The Kier molecular flexibility index (Phi) is 9.79. The Hall–Kier alpha value is 0.143. The number of rotatable bonds is 4. The van der Waals surface area contributed by atoms with Gasteiger partial charge in [0.1, 0.15) is 6.61 Å². The number of ether oxygens (including phenoxy) is 1. The van der Waals surface area contributed by atoms with Gasteiger partial charge >= 0.3 is 30.0 Å². The third-order valence-electron chi connectivity index (χ3n) is 1.27. The van der Waals surface area contributed by atoms with E-state index in [1.807, 2.05) is 12.1 Å². The van der Waals surface area contributed by atoms with E-state index in [2.05, 4.69) is 19.7 Å². The van der Waals surface area contributed by atoms with Crippen LogP contribution in [0.25, 0.3) is 0 Å². The molecule has 1 rings (SSSR count). The van der Waals surface area contributed by atoms with Crippen LogP contribution in [0, 0.1) is 6.07 Å². The van der Waals surface area contributed by atoms with E-state index in [9.17, 15) is 8.78 Å². The molecule has 5 heteroatoms. The molecule has 0 N–H and O–H groups in total. The number of benzene rings is 1. The fourth-order valence-electron chi connectivity index (χ4n) is 0.778. The average Bonchev–Trinajstić information content (AvgIpc) is 2.22. The Morgan fingerprint density at radius 3 is 2.64 bits per heavy atom. The zero-order valence-corrected chi connectivity index (χ0v) is 12.1. The molecule has 0 aliphatic heterocycles. The summed E-state index contributed by atoms with van der Waals surface area (Å²) in [5.74, 6) is 0. The molecule has 0 bridgehead atoms. The molecule has 0 saturated heterocycles. The van der Waals surface area contributed by atoms with Gasteiger partial charge in [-0.15, -0.1) is 5.56 Å². The maximum absolute atomic E-state index is 11.6. The van der Waals surface area contributed by atoms with Crippen molar-refractivity contribution in [3.63, 3.8) is 0 Å². The van der Waals surface area contributed by atoms with Gasteiger partial charge in [-0.3, -0.25) is 0 Å². The van der Waals surface area contributed by atoms with Gasteiger partial charge in [0.05, 0.1) is 0 Å². The second-order valence-corrected chi connectivity index (χ2v) is 2.29. The number of hydrogen-bond acceptors (Lipinski definition) is 1. The Bertz CT molecular complexity index is 221. The predicted octanol–water partition coefficient (Wildman–Crippen LogP) is 3.11. The summed E-state index contributed by atoms with van der Waals surface area (Å²) in [6.45, 7) is -0.312. The molecule has 0 radical (unpaired) electrons. The quantitative estimate of drug-likeness (QED) is 0.613. The van der Waals surface area contributed by atoms with Crippen molar-refractivity contribution in [2.45, 2.75) is 13.0 Å². The summed E-state index contributed by atoms with van der Waals surface area (Å²) in [5.41, 5.74) is 0.790. The normalized spacial score (nSPS) is 9.57. The molecular formula is C9H9BrF2OZn. The molecule has 0 heterocycles. The van der Waals surface area contributed by atoms with Crippen LogP contribution in [0.15, 0.2) is 24.3 Å². The van der Waals surface area contributed by atoms with Crippen LogP contribution < -0.4 is 0 Å². The van der Waals surface area contributed by atoms with Gasteiger partial charge in [-0.2, -0.15) is 30.3 Å². The number of hydrogen-bond donors (Lipinski definition) is 0. The molecule has 1 aromatic carbocycles. The van der Waals surface area contributed by atoms with Gasteiger partial charge in [0.2, 0.25) is 0 Å². The fraction of sp³-hybridized carbons (Fsp3) is 0.333. The van der Waals surface area contributed by atoms with E-state index in [4.69, 9.17) is 4.74 Å². The standard InChI is InChI=1S/C9H9F2O.BrH.Zn/c10-9(11)7-12-6-8-4-2-1-3-5-8;;/h1-4,9H,6-7H2;1H;/q-1;;+2/p-1. The van der Waals surface area contributed by atoms with Gasteiger partial charge in [0, 0.05) is 6.61 Å². The molecule has 0 aliphatic rings. The van der Waals surface area contributed by atoms with Crippen LogP contribution in [0.5, 0.6) is 0 Å². The SMILES string of the molecule is FC(F)COCc1[c-]cccc1.[Zn+][Br]. The Labute approximate surface area is 98.9 Å². The van der Waals surface area contributed by atoms with E-state index in [1.165, 1.54) is 16.3 Å². The van der Waals surface area contributed by atoms with Crippen molar-refractivity contribution in [2.24, 2.45) is 0 Å². The van der Waals surface area contributed by atoms with Gasteiger partial charge in [0.15, 0.2) is 0 Å². The summed E-state index contributed by atoms with van der Waals surface area (Å²) >= 11 is 4.25. The van der Waals surface area contributed by atoms with E-state index < -0.39 is 13.0 Å². The van der Waals surface area contributed by atoms with Crippen LogP contribution in [-0.2, 0) is 27.7 Å². The van der Waals surface area contributed by atoms with Crippen LogP contribution in [0.1, 0.15) is 5.56 Å². The van der Waals surface area contributed by atoms with Gasteiger partial charge in [-0.1, -0.05) is 0 Å². The molecule has 1 aromatic rings. The molecule has 0 spiro atoms. The van der Waals surface area contributed by atoms with Gasteiger partial charge in [0.25, 0.3) is 6.43 Å². The first-order chi connectivity index (χ1) is 6.79. The van der Waals surface area contributed by atoms with Crippen molar-refractivity contribution in [1.29, 1.82) is 0 Å². The minimum atomic E-state index is -2.39.